The van der Waals surface area contributed by atoms with Gasteiger partial charge in [0.05, 0.1) is 6.61 Å². The third-order valence-corrected chi connectivity index (χ3v) is 4.63. The third kappa shape index (κ3) is 4.43. The van der Waals surface area contributed by atoms with Crippen molar-refractivity contribution in [3.63, 3.8) is 0 Å². The minimum absolute atomic E-state index is 0.240. The lowest BCUT2D eigenvalue weighted by atomic mass is 10.2. The molecule has 1 heterocycles. The van der Waals surface area contributed by atoms with Gasteiger partial charge in [0.2, 0.25) is 5.16 Å². The molecule has 1 amide bonds. The van der Waals surface area contributed by atoms with Crippen molar-refractivity contribution in [3.8, 4) is 5.75 Å². The zero-order valence-electron chi connectivity index (χ0n) is 14.7. The average Bonchev–Trinajstić information content (AvgIpc) is 3.01. The number of carbonyl (C=O) groups excluding carboxylic acids is 1. The van der Waals surface area contributed by atoms with Gasteiger partial charge in [0.15, 0.2) is 0 Å². The average molecular weight is 368 g/mol. The number of ether oxygens (including phenoxy) is 1. The summed E-state index contributed by atoms with van der Waals surface area (Å²) in [6.07, 6.45) is 0. The van der Waals surface area contributed by atoms with Crippen LogP contribution in [0.2, 0.25) is 0 Å². The topological polar surface area (TPSA) is 69.0 Å². The molecule has 7 heteroatoms. The van der Waals surface area contributed by atoms with E-state index in [2.05, 4.69) is 27.8 Å². The highest BCUT2D eigenvalue weighted by Gasteiger charge is 2.14. The molecule has 0 saturated carbocycles. The Morgan fingerprint density at radius 2 is 1.96 bits per heavy atom. The first-order chi connectivity index (χ1) is 12.7. The molecule has 0 unspecified atom stereocenters. The van der Waals surface area contributed by atoms with Gasteiger partial charge in [0.1, 0.15) is 11.6 Å². The molecule has 0 spiro atoms. The van der Waals surface area contributed by atoms with Crippen molar-refractivity contribution in [2.24, 2.45) is 0 Å². The minimum Gasteiger partial charge on any atom is -0.494 e. The molecular weight excluding hydrogens is 348 g/mol. The fourth-order valence-corrected chi connectivity index (χ4v) is 3.24. The molecule has 2 aromatic carbocycles. The largest absolute Gasteiger partial charge is 0.494 e. The first-order valence-electron chi connectivity index (χ1n) is 8.30. The van der Waals surface area contributed by atoms with Crippen molar-refractivity contribution in [1.29, 1.82) is 0 Å². The van der Waals surface area contributed by atoms with Gasteiger partial charge in [0, 0.05) is 11.3 Å². The Kier molecular flexibility index (Phi) is 5.91. The second-order valence-corrected chi connectivity index (χ2v) is 6.48. The molecule has 3 aromatic rings. The van der Waals surface area contributed by atoms with Crippen molar-refractivity contribution in [2.45, 2.75) is 24.8 Å². The van der Waals surface area contributed by atoms with Crippen LogP contribution in [0.4, 0.5) is 0 Å². The van der Waals surface area contributed by atoms with Crippen LogP contribution in [0.5, 0.6) is 5.75 Å². The highest BCUT2D eigenvalue weighted by atomic mass is 32.2. The Morgan fingerprint density at radius 3 is 2.73 bits per heavy atom. The van der Waals surface area contributed by atoms with E-state index >= 15 is 0 Å². The number of aromatic nitrogens is 3. The molecule has 0 aliphatic rings. The molecule has 26 heavy (non-hydrogen) atoms. The zero-order chi connectivity index (χ0) is 18.4. The summed E-state index contributed by atoms with van der Waals surface area (Å²) >= 11 is 1.52. The fraction of sp³-hybridized carbons (Fsp3) is 0.211. The van der Waals surface area contributed by atoms with Crippen LogP contribution in [0.3, 0.4) is 0 Å². The molecule has 6 nitrogen and oxygen atoms in total. The zero-order valence-corrected chi connectivity index (χ0v) is 15.5. The normalized spacial score (nSPS) is 10.5. The van der Waals surface area contributed by atoms with Crippen molar-refractivity contribution in [1.82, 2.24) is 14.9 Å². The summed E-state index contributed by atoms with van der Waals surface area (Å²) in [6.45, 7) is 4.26. The van der Waals surface area contributed by atoms with Crippen molar-refractivity contribution >= 4 is 17.7 Å². The number of rotatable bonds is 7. The van der Waals surface area contributed by atoms with E-state index in [9.17, 15) is 4.79 Å². The van der Waals surface area contributed by atoms with Gasteiger partial charge < -0.3 is 4.74 Å². The molecular formula is C19H20N4O2S. The van der Waals surface area contributed by atoms with E-state index < -0.39 is 0 Å². The number of amides is 1. The van der Waals surface area contributed by atoms with Gasteiger partial charge in [-0.25, -0.2) is 4.68 Å². The number of nitrogens with zero attached hydrogens (tertiary/aromatic N) is 3. The van der Waals surface area contributed by atoms with E-state index in [4.69, 9.17) is 4.74 Å². The summed E-state index contributed by atoms with van der Waals surface area (Å²) in [7, 11) is 0. The first kappa shape index (κ1) is 18.0. The maximum absolute atomic E-state index is 12.6. The molecule has 0 aliphatic heterocycles. The van der Waals surface area contributed by atoms with Crippen LogP contribution in [0.1, 0.15) is 28.7 Å². The Hall–Kier alpha value is -2.80. The van der Waals surface area contributed by atoms with Gasteiger partial charge in [-0.15, -0.1) is 10.2 Å². The standard InChI is InChI=1S/C19H20N4O2S/c1-3-25-17-11-7-10-16(12-17)18(24)22-23-14(2)20-21-19(23)26-13-15-8-5-4-6-9-15/h4-12H,3,13H2,1-2H3,(H,22,24). The lowest BCUT2D eigenvalue weighted by molar-refractivity contribution is 0.100. The Morgan fingerprint density at radius 1 is 1.15 bits per heavy atom. The maximum atomic E-state index is 12.6. The molecule has 0 bridgehead atoms. The van der Waals surface area contributed by atoms with Gasteiger partial charge in [-0.05, 0) is 37.6 Å². The van der Waals surface area contributed by atoms with Crippen molar-refractivity contribution < 1.29 is 9.53 Å². The summed E-state index contributed by atoms with van der Waals surface area (Å²) in [5, 5.41) is 8.88. The maximum Gasteiger partial charge on any atom is 0.270 e. The summed E-state index contributed by atoms with van der Waals surface area (Å²) in [6, 6.07) is 17.2. The van der Waals surface area contributed by atoms with Crippen LogP contribution in [-0.4, -0.2) is 27.4 Å². The molecule has 0 saturated heterocycles. The Balaban J connectivity index is 1.72. The lowest BCUT2D eigenvalue weighted by Crippen LogP contribution is -2.24. The summed E-state index contributed by atoms with van der Waals surface area (Å²) < 4.78 is 7.07. The Bertz CT molecular complexity index is 880. The molecule has 134 valence electrons. The number of hydrogen-bond donors (Lipinski definition) is 1. The predicted molar refractivity (Wildman–Crippen MR) is 102 cm³/mol. The van der Waals surface area contributed by atoms with Crippen LogP contribution < -0.4 is 10.2 Å². The van der Waals surface area contributed by atoms with Crippen LogP contribution in [0.25, 0.3) is 0 Å². The molecule has 0 fully saturated rings. The summed E-state index contributed by atoms with van der Waals surface area (Å²) in [4.78, 5) is 12.6. The van der Waals surface area contributed by atoms with Crippen LogP contribution in [0.15, 0.2) is 59.8 Å². The summed E-state index contributed by atoms with van der Waals surface area (Å²) in [5.41, 5.74) is 4.55. The molecule has 1 N–H and O–H groups in total. The van der Waals surface area contributed by atoms with E-state index in [-0.39, 0.29) is 5.91 Å². The van der Waals surface area contributed by atoms with E-state index in [1.54, 1.807) is 29.8 Å². The smallest absolute Gasteiger partial charge is 0.270 e. The number of nitrogens with one attached hydrogen (secondary N) is 1. The molecule has 1 aromatic heterocycles. The summed E-state index contributed by atoms with van der Waals surface area (Å²) in [5.74, 6) is 1.79. The van der Waals surface area contributed by atoms with E-state index in [1.165, 1.54) is 17.3 Å². The number of benzene rings is 2. The quantitative estimate of drug-likeness (QED) is 0.645. The first-order valence-corrected chi connectivity index (χ1v) is 9.29. The molecule has 3 rings (SSSR count). The highest BCUT2D eigenvalue weighted by molar-refractivity contribution is 7.98. The Labute approximate surface area is 156 Å². The number of thioether (sulfide) groups is 1. The van der Waals surface area contributed by atoms with Gasteiger partial charge in [-0.1, -0.05) is 48.2 Å². The van der Waals surface area contributed by atoms with Crippen molar-refractivity contribution in [3.05, 3.63) is 71.5 Å². The molecule has 0 atom stereocenters. The van der Waals surface area contributed by atoms with Crippen LogP contribution >= 0.6 is 11.8 Å². The third-order valence-electron chi connectivity index (χ3n) is 3.63. The van der Waals surface area contributed by atoms with Crippen LogP contribution in [0, 0.1) is 6.92 Å². The SMILES string of the molecule is CCOc1cccc(C(=O)Nn2c(C)nnc2SCc2ccccc2)c1. The monoisotopic (exact) mass is 368 g/mol. The highest BCUT2D eigenvalue weighted by Crippen LogP contribution is 2.21. The van der Waals surface area contributed by atoms with E-state index in [0.29, 0.717) is 28.9 Å². The molecule has 0 aliphatic carbocycles. The van der Waals surface area contributed by atoms with Crippen molar-refractivity contribution in [2.75, 3.05) is 12.0 Å². The second kappa shape index (κ2) is 8.53. The number of aryl methyl sites for hydroxylation is 1. The minimum atomic E-state index is -0.240. The van der Waals surface area contributed by atoms with Gasteiger partial charge in [-0.2, -0.15) is 0 Å². The fourth-order valence-electron chi connectivity index (χ4n) is 2.35. The van der Waals surface area contributed by atoms with Gasteiger partial charge >= 0.3 is 0 Å². The molecule has 0 radical (unpaired) electrons. The number of hydrogen-bond acceptors (Lipinski definition) is 5. The number of carbonyl (C=O) groups is 1. The van der Waals surface area contributed by atoms with E-state index in [0.717, 1.165) is 5.75 Å². The van der Waals surface area contributed by atoms with Crippen LogP contribution in [-0.2, 0) is 5.75 Å². The predicted octanol–water partition coefficient (Wildman–Crippen LogP) is 3.66. The second-order valence-electron chi connectivity index (χ2n) is 5.54. The van der Waals surface area contributed by atoms with Gasteiger partial charge in [0.25, 0.3) is 5.91 Å². The van der Waals surface area contributed by atoms with Gasteiger partial charge in [-0.3, -0.25) is 10.2 Å². The lowest BCUT2D eigenvalue weighted by Gasteiger charge is -2.11. The van der Waals surface area contributed by atoms with E-state index in [1.807, 2.05) is 31.2 Å².